The van der Waals surface area contributed by atoms with Gasteiger partial charge in [-0.15, -0.1) is 0 Å². The predicted molar refractivity (Wildman–Crippen MR) is 59.1 cm³/mol. The van der Waals surface area contributed by atoms with Crippen LogP contribution in [0.15, 0.2) is 12.2 Å². The van der Waals surface area contributed by atoms with Gasteiger partial charge in [-0.25, -0.2) is 0 Å². The molecule has 0 amide bonds. The van der Waals surface area contributed by atoms with E-state index >= 15 is 0 Å². The SMILES string of the molecule is C1=CC2CC1CC2CNCCC1CC1. The highest BCUT2D eigenvalue weighted by Gasteiger charge is 2.34. The van der Waals surface area contributed by atoms with Crippen molar-refractivity contribution in [3.63, 3.8) is 0 Å². The van der Waals surface area contributed by atoms with E-state index in [0.29, 0.717) is 0 Å². The molecule has 0 spiro atoms. The van der Waals surface area contributed by atoms with Crippen LogP contribution in [0.4, 0.5) is 0 Å². The first-order valence-electron chi connectivity index (χ1n) is 6.31. The molecule has 1 N–H and O–H groups in total. The third-order valence-electron chi connectivity index (χ3n) is 4.25. The molecule has 3 aliphatic carbocycles. The van der Waals surface area contributed by atoms with Gasteiger partial charge in [0.25, 0.3) is 0 Å². The summed E-state index contributed by atoms with van der Waals surface area (Å²) in [5.74, 6) is 3.91. The van der Waals surface area contributed by atoms with Gasteiger partial charge in [-0.2, -0.15) is 0 Å². The summed E-state index contributed by atoms with van der Waals surface area (Å²) in [6.45, 7) is 2.54. The topological polar surface area (TPSA) is 12.0 Å². The monoisotopic (exact) mass is 191 g/mol. The quantitative estimate of drug-likeness (QED) is 0.520. The molecule has 78 valence electrons. The zero-order valence-electron chi connectivity index (χ0n) is 8.91. The molecule has 1 heteroatoms. The molecule has 1 nitrogen and oxygen atoms in total. The molecule has 3 rings (SSSR count). The molecule has 0 aromatic carbocycles. The maximum absolute atomic E-state index is 3.65. The Bertz CT molecular complexity index is 229. The Hall–Kier alpha value is -0.300. The fourth-order valence-corrected chi connectivity index (χ4v) is 3.13. The van der Waals surface area contributed by atoms with E-state index in [1.165, 1.54) is 45.2 Å². The molecule has 0 heterocycles. The second-order valence-electron chi connectivity index (χ2n) is 5.48. The maximum Gasteiger partial charge on any atom is -0.00147 e. The van der Waals surface area contributed by atoms with Gasteiger partial charge < -0.3 is 5.32 Å². The van der Waals surface area contributed by atoms with Crippen molar-refractivity contribution in [3.05, 3.63) is 12.2 Å². The van der Waals surface area contributed by atoms with Crippen molar-refractivity contribution < 1.29 is 0 Å². The minimum atomic E-state index is 0.924. The van der Waals surface area contributed by atoms with Crippen LogP contribution in [0.25, 0.3) is 0 Å². The number of fused-ring (bicyclic) bond motifs is 2. The van der Waals surface area contributed by atoms with Gasteiger partial charge in [-0.05, 0) is 56.0 Å². The molecule has 2 bridgehead atoms. The summed E-state index contributed by atoms with van der Waals surface area (Å²) in [6, 6.07) is 0. The Morgan fingerprint density at radius 2 is 2.07 bits per heavy atom. The smallest absolute Gasteiger partial charge is 0.00147 e. The van der Waals surface area contributed by atoms with Crippen molar-refractivity contribution in [3.8, 4) is 0 Å². The third kappa shape index (κ3) is 1.88. The van der Waals surface area contributed by atoms with Gasteiger partial charge in [-0.3, -0.25) is 0 Å². The van der Waals surface area contributed by atoms with E-state index in [9.17, 15) is 0 Å². The molecule has 3 aliphatic rings. The van der Waals surface area contributed by atoms with E-state index in [-0.39, 0.29) is 0 Å². The summed E-state index contributed by atoms with van der Waals surface area (Å²) in [4.78, 5) is 0. The first-order valence-corrected chi connectivity index (χ1v) is 6.31. The van der Waals surface area contributed by atoms with Gasteiger partial charge in [-0.1, -0.05) is 25.0 Å². The average Bonchev–Trinajstić information content (AvgIpc) is 2.79. The van der Waals surface area contributed by atoms with Crippen LogP contribution in [0, 0.1) is 23.7 Å². The van der Waals surface area contributed by atoms with Crippen molar-refractivity contribution in [1.82, 2.24) is 5.32 Å². The van der Waals surface area contributed by atoms with Gasteiger partial charge in [0, 0.05) is 0 Å². The van der Waals surface area contributed by atoms with Gasteiger partial charge in [0.05, 0.1) is 0 Å². The fourth-order valence-electron chi connectivity index (χ4n) is 3.13. The maximum atomic E-state index is 3.65. The summed E-state index contributed by atoms with van der Waals surface area (Å²) >= 11 is 0. The first kappa shape index (κ1) is 8.96. The molecule has 0 saturated heterocycles. The predicted octanol–water partition coefficient (Wildman–Crippen LogP) is 2.59. The van der Waals surface area contributed by atoms with E-state index in [4.69, 9.17) is 0 Å². The normalized spacial score (nSPS) is 39.6. The highest BCUT2D eigenvalue weighted by atomic mass is 14.9. The van der Waals surface area contributed by atoms with Crippen LogP contribution >= 0.6 is 0 Å². The molecule has 2 fully saturated rings. The van der Waals surface area contributed by atoms with Crippen molar-refractivity contribution in [2.75, 3.05) is 13.1 Å². The average molecular weight is 191 g/mol. The summed E-state index contributed by atoms with van der Waals surface area (Å²) in [5, 5.41) is 3.65. The molecule has 0 aromatic heterocycles. The molecule has 0 aromatic rings. The van der Waals surface area contributed by atoms with E-state index in [1.54, 1.807) is 0 Å². The van der Waals surface area contributed by atoms with Crippen LogP contribution < -0.4 is 5.32 Å². The second kappa shape index (κ2) is 3.69. The molecule has 14 heavy (non-hydrogen) atoms. The second-order valence-corrected chi connectivity index (χ2v) is 5.48. The van der Waals surface area contributed by atoms with Crippen LogP contribution in [0.5, 0.6) is 0 Å². The van der Waals surface area contributed by atoms with Crippen LogP contribution in [-0.2, 0) is 0 Å². The van der Waals surface area contributed by atoms with E-state index < -0.39 is 0 Å². The van der Waals surface area contributed by atoms with Gasteiger partial charge >= 0.3 is 0 Å². The Labute approximate surface area is 87.0 Å². The molecular formula is C13H21N. The number of nitrogens with one attached hydrogen (secondary N) is 1. The van der Waals surface area contributed by atoms with Crippen LogP contribution in [0.2, 0.25) is 0 Å². The van der Waals surface area contributed by atoms with Crippen LogP contribution in [-0.4, -0.2) is 13.1 Å². The number of rotatable bonds is 5. The Kier molecular flexibility index (Phi) is 2.36. The van der Waals surface area contributed by atoms with Crippen molar-refractivity contribution in [1.29, 1.82) is 0 Å². The molecular weight excluding hydrogens is 170 g/mol. The molecule has 3 atom stereocenters. The van der Waals surface area contributed by atoms with Crippen molar-refractivity contribution in [2.24, 2.45) is 23.7 Å². The van der Waals surface area contributed by atoms with Gasteiger partial charge in [0.2, 0.25) is 0 Å². The minimum absolute atomic E-state index is 0.924. The number of hydrogen-bond acceptors (Lipinski definition) is 1. The molecule has 3 unspecified atom stereocenters. The summed E-state index contributed by atoms with van der Waals surface area (Å²) in [6.07, 6.45) is 12.2. The zero-order valence-corrected chi connectivity index (χ0v) is 8.91. The molecule has 0 radical (unpaired) electrons. The highest BCUT2D eigenvalue weighted by molar-refractivity contribution is 5.10. The third-order valence-corrected chi connectivity index (χ3v) is 4.25. The van der Waals surface area contributed by atoms with Gasteiger partial charge in [0.1, 0.15) is 0 Å². The van der Waals surface area contributed by atoms with E-state index in [0.717, 1.165) is 23.7 Å². The summed E-state index contributed by atoms with van der Waals surface area (Å²) in [7, 11) is 0. The van der Waals surface area contributed by atoms with E-state index in [2.05, 4.69) is 17.5 Å². The standard InChI is InChI=1S/C13H21N/c1-2-10(1)5-6-14-9-13-8-11-3-4-12(13)7-11/h3-4,10-14H,1-2,5-9H2. The van der Waals surface area contributed by atoms with E-state index in [1.807, 2.05) is 0 Å². The van der Waals surface area contributed by atoms with Crippen molar-refractivity contribution in [2.45, 2.75) is 32.1 Å². The molecule has 2 saturated carbocycles. The first-order chi connectivity index (χ1) is 6.92. The lowest BCUT2D eigenvalue weighted by molar-refractivity contribution is 0.411. The van der Waals surface area contributed by atoms with Crippen LogP contribution in [0.1, 0.15) is 32.1 Å². The zero-order chi connectivity index (χ0) is 9.38. The lowest BCUT2D eigenvalue weighted by atomic mass is 9.93. The van der Waals surface area contributed by atoms with Crippen LogP contribution in [0.3, 0.4) is 0 Å². The summed E-state index contributed by atoms with van der Waals surface area (Å²) < 4.78 is 0. The largest absolute Gasteiger partial charge is 0.316 e. The fraction of sp³-hybridized carbons (Fsp3) is 0.846. The Balaban J connectivity index is 1.34. The summed E-state index contributed by atoms with van der Waals surface area (Å²) in [5.41, 5.74) is 0. The lowest BCUT2D eigenvalue weighted by Crippen LogP contribution is -2.26. The highest BCUT2D eigenvalue weighted by Crippen LogP contribution is 2.42. The van der Waals surface area contributed by atoms with Gasteiger partial charge in [0.15, 0.2) is 0 Å². The Morgan fingerprint density at radius 3 is 2.71 bits per heavy atom. The number of allylic oxidation sites excluding steroid dienone is 2. The molecule has 0 aliphatic heterocycles. The number of hydrogen-bond donors (Lipinski definition) is 1. The Morgan fingerprint density at radius 1 is 1.14 bits per heavy atom. The lowest BCUT2D eigenvalue weighted by Gasteiger charge is -2.18. The minimum Gasteiger partial charge on any atom is -0.316 e. The van der Waals surface area contributed by atoms with Crippen molar-refractivity contribution >= 4 is 0 Å².